The Bertz CT molecular complexity index is 628. The fraction of sp³-hybridized carbons (Fsp3) is 0.500. The van der Waals surface area contributed by atoms with E-state index in [0.29, 0.717) is 18.0 Å². The number of anilines is 1. The minimum absolute atomic E-state index is 0.212. The molecule has 1 aliphatic carbocycles. The molecule has 2 N–H and O–H groups in total. The molecule has 2 aliphatic rings. The predicted molar refractivity (Wildman–Crippen MR) is 92.3 cm³/mol. The van der Waals surface area contributed by atoms with Crippen LogP contribution in [-0.4, -0.2) is 48.0 Å². The maximum atomic E-state index is 12.0. The zero-order chi connectivity index (χ0) is 16.8. The van der Waals surface area contributed by atoms with Crippen LogP contribution in [0.3, 0.4) is 0 Å². The summed E-state index contributed by atoms with van der Waals surface area (Å²) in [5, 5.41) is 15.4. The van der Waals surface area contributed by atoms with E-state index in [0.717, 1.165) is 44.7 Å². The average Bonchev–Trinajstić information content (AvgIpc) is 3.30. The highest BCUT2D eigenvalue weighted by molar-refractivity contribution is 5.78. The lowest BCUT2D eigenvalue weighted by molar-refractivity contribution is -0.129. The van der Waals surface area contributed by atoms with Gasteiger partial charge in [0.05, 0.1) is 12.1 Å². The zero-order valence-corrected chi connectivity index (χ0v) is 13.7. The van der Waals surface area contributed by atoms with E-state index in [9.17, 15) is 4.79 Å². The number of amides is 1. The van der Waals surface area contributed by atoms with Crippen molar-refractivity contribution in [3.63, 3.8) is 0 Å². The van der Waals surface area contributed by atoms with Crippen LogP contribution in [0.2, 0.25) is 0 Å². The maximum absolute atomic E-state index is 12.0. The summed E-state index contributed by atoms with van der Waals surface area (Å²) >= 11 is 0. The summed E-state index contributed by atoms with van der Waals surface area (Å²) in [5.41, 5.74) is 0.563. The Morgan fingerprint density at radius 1 is 1.33 bits per heavy atom. The molecule has 0 radical (unpaired) electrons. The average molecular weight is 325 g/mol. The highest BCUT2D eigenvalue weighted by Gasteiger charge is 2.21. The Morgan fingerprint density at radius 2 is 2.17 bits per heavy atom. The number of nitriles is 1. The summed E-state index contributed by atoms with van der Waals surface area (Å²) in [5.74, 6) is 1.41. The van der Waals surface area contributed by atoms with E-state index < -0.39 is 0 Å². The summed E-state index contributed by atoms with van der Waals surface area (Å²) in [4.78, 5) is 18.2. The second kappa shape index (κ2) is 7.93. The van der Waals surface area contributed by atoms with E-state index in [1.165, 1.54) is 0 Å². The molecule has 3 rings (SSSR count). The Morgan fingerprint density at radius 3 is 2.88 bits per heavy atom. The van der Waals surface area contributed by atoms with E-state index in [4.69, 9.17) is 5.26 Å². The highest BCUT2D eigenvalue weighted by atomic mass is 16.2. The summed E-state index contributed by atoms with van der Waals surface area (Å²) < 4.78 is 0. The maximum Gasteiger partial charge on any atom is 0.236 e. The van der Waals surface area contributed by atoms with Gasteiger partial charge in [0, 0.05) is 31.9 Å². The summed E-state index contributed by atoms with van der Waals surface area (Å²) in [6.07, 6.45) is 9.15. The van der Waals surface area contributed by atoms with E-state index in [1.54, 1.807) is 12.3 Å². The number of aromatic nitrogens is 1. The monoisotopic (exact) mass is 325 g/mol. The van der Waals surface area contributed by atoms with Gasteiger partial charge in [-0.2, -0.15) is 5.26 Å². The topological polar surface area (TPSA) is 81.0 Å². The number of rotatable bonds is 6. The Hall–Kier alpha value is -2.39. The molecule has 1 aromatic heterocycles. The van der Waals surface area contributed by atoms with Gasteiger partial charge in [0.1, 0.15) is 11.9 Å². The van der Waals surface area contributed by atoms with Crippen LogP contribution in [0.5, 0.6) is 0 Å². The predicted octanol–water partition coefficient (Wildman–Crippen LogP) is 1.52. The van der Waals surface area contributed by atoms with Crippen LogP contribution in [0, 0.1) is 17.2 Å². The molecule has 24 heavy (non-hydrogen) atoms. The standard InChI is InChI=1S/C18H23N5O/c19-10-15-4-6-17(22-12-15)21-11-14-3-5-16(9-14)20-13-18(24)23-7-1-2-8-23/h3-6,12,14,16,20H,1-2,7-9,11,13H2,(H,21,22). The van der Waals surface area contributed by atoms with Crippen LogP contribution in [0.4, 0.5) is 5.82 Å². The van der Waals surface area contributed by atoms with Crippen molar-refractivity contribution in [2.45, 2.75) is 25.3 Å². The highest BCUT2D eigenvalue weighted by Crippen LogP contribution is 2.18. The molecule has 0 bridgehead atoms. The van der Waals surface area contributed by atoms with Crippen LogP contribution in [-0.2, 0) is 4.79 Å². The van der Waals surface area contributed by atoms with Crippen molar-refractivity contribution in [2.75, 3.05) is 31.5 Å². The van der Waals surface area contributed by atoms with Gasteiger partial charge < -0.3 is 15.5 Å². The van der Waals surface area contributed by atoms with Crippen molar-refractivity contribution in [1.82, 2.24) is 15.2 Å². The minimum atomic E-state index is 0.212. The van der Waals surface area contributed by atoms with Crippen molar-refractivity contribution in [2.24, 2.45) is 5.92 Å². The first kappa shape index (κ1) is 16.5. The van der Waals surface area contributed by atoms with Gasteiger partial charge in [0.25, 0.3) is 0 Å². The van der Waals surface area contributed by atoms with Crippen molar-refractivity contribution in [3.8, 4) is 6.07 Å². The number of hydrogen-bond donors (Lipinski definition) is 2. The van der Waals surface area contributed by atoms with Crippen LogP contribution < -0.4 is 10.6 Å². The third kappa shape index (κ3) is 4.33. The van der Waals surface area contributed by atoms with Crippen LogP contribution in [0.1, 0.15) is 24.8 Å². The van der Waals surface area contributed by atoms with Crippen molar-refractivity contribution >= 4 is 11.7 Å². The summed E-state index contributed by atoms with van der Waals surface area (Å²) in [7, 11) is 0. The molecule has 2 atom stereocenters. The van der Waals surface area contributed by atoms with Crippen molar-refractivity contribution in [1.29, 1.82) is 5.26 Å². The molecule has 0 aromatic carbocycles. The molecule has 126 valence electrons. The molecule has 1 aliphatic heterocycles. The molecule has 6 heteroatoms. The molecule has 0 saturated carbocycles. The first-order valence-electron chi connectivity index (χ1n) is 8.54. The lowest BCUT2D eigenvalue weighted by atomic mass is 10.1. The van der Waals surface area contributed by atoms with E-state index >= 15 is 0 Å². The smallest absolute Gasteiger partial charge is 0.236 e. The van der Waals surface area contributed by atoms with Gasteiger partial charge in [-0.1, -0.05) is 12.2 Å². The summed E-state index contributed by atoms with van der Waals surface area (Å²) in [6.45, 7) is 3.04. The molecule has 2 unspecified atom stereocenters. The lowest BCUT2D eigenvalue weighted by Gasteiger charge is -2.18. The van der Waals surface area contributed by atoms with E-state index in [1.807, 2.05) is 11.0 Å². The van der Waals surface area contributed by atoms with Gasteiger partial charge in [0.15, 0.2) is 0 Å². The number of likely N-dealkylation sites (tertiary alicyclic amines) is 1. The van der Waals surface area contributed by atoms with Gasteiger partial charge in [-0.05, 0) is 37.3 Å². The molecule has 1 aromatic rings. The quantitative estimate of drug-likeness (QED) is 0.775. The largest absolute Gasteiger partial charge is 0.369 e. The number of carbonyl (C=O) groups excluding carboxylic acids is 1. The van der Waals surface area contributed by atoms with Crippen molar-refractivity contribution in [3.05, 3.63) is 36.0 Å². The van der Waals surface area contributed by atoms with Crippen molar-refractivity contribution < 1.29 is 4.79 Å². The molecule has 6 nitrogen and oxygen atoms in total. The Labute approximate surface area is 142 Å². The molecule has 1 amide bonds. The normalized spacial score (nSPS) is 22.5. The number of pyridine rings is 1. The van der Waals surface area contributed by atoms with Crippen LogP contribution >= 0.6 is 0 Å². The Kier molecular flexibility index (Phi) is 5.44. The van der Waals surface area contributed by atoms with Crippen LogP contribution in [0.25, 0.3) is 0 Å². The van der Waals surface area contributed by atoms with Gasteiger partial charge in [0.2, 0.25) is 5.91 Å². The van der Waals surface area contributed by atoms with Crippen LogP contribution in [0.15, 0.2) is 30.5 Å². The number of nitrogens with zero attached hydrogens (tertiary/aromatic N) is 3. The lowest BCUT2D eigenvalue weighted by Crippen LogP contribution is -2.39. The third-order valence-electron chi connectivity index (χ3n) is 4.58. The molecular weight excluding hydrogens is 302 g/mol. The van der Waals surface area contributed by atoms with Gasteiger partial charge in [-0.15, -0.1) is 0 Å². The molecule has 0 spiro atoms. The van der Waals surface area contributed by atoms with E-state index in [2.05, 4.69) is 33.8 Å². The number of hydrogen-bond acceptors (Lipinski definition) is 5. The third-order valence-corrected chi connectivity index (χ3v) is 4.58. The Balaban J connectivity index is 1.37. The molecule has 1 saturated heterocycles. The van der Waals surface area contributed by atoms with Gasteiger partial charge in [-0.25, -0.2) is 4.98 Å². The second-order valence-corrected chi connectivity index (χ2v) is 6.38. The number of carbonyl (C=O) groups is 1. The minimum Gasteiger partial charge on any atom is -0.369 e. The zero-order valence-electron chi connectivity index (χ0n) is 13.7. The van der Waals surface area contributed by atoms with E-state index in [-0.39, 0.29) is 11.9 Å². The molecular formula is C18H23N5O. The second-order valence-electron chi connectivity index (χ2n) is 6.38. The number of nitrogens with one attached hydrogen (secondary N) is 2. The molecule has 2 heterocycles. The molecule has 1 fully saturated rings. The fourth-order valence-corrected chi connectivity index (χ4v) is 3.17. The van der Waals surface area contributed by atoms with Gasteiger partial charge in [-0.3, -0.25) is 4.79 Å². The summed E-state index contributed by atoms with van der Waals surface area (Å²) in [6, 6.07) is 5.90. The van der Waals surface area contributed by atoms with Gasteiger partial charge >= 0.3 is 0 Å². The first-order chi connectivity index (χ1) is 11.7. The first-order valence-corrected chi connectivity index (χ1v) is 8.54. The fourth-order valence-electron chi connectivity index (χ4n) is 3.17. The SMILES string of the molecule is N#Cc1ccc(NCC2C=CC(NCC(=O)N3CCCC3)C2)nc1.